The number of nitrogens with one attached hydrogen (secondary N) is 1. The lowest BCUT2D eigenvalue weighted by molar-refractivity contribution is 0.493. The third-order valence-corrected chi connectivity index (χ3v) is 2.76. The van der Waals surface area contributed by atoms with Crippen molar-refractivity contribution in [2.24, 2.45) is 0 Å². The maximum Gasteiger partial charge on any atom is 0.0335 e. The average Bonchev–Trinajstić information content (AvgIpc) is 2.72. The number of hydrogen-bond acceptors (Lipinski definition) is 1. The van der Waals surface area contributed by atoms with Crippen molar-refractivity contribution >= 4 is 0 Å². The van der Waals surface area contributed by atoms with Crippen LogP contribution >= 0.6 is 0 Å². The number of rotatable bonds is 7. The predicted octanol–water partition coefficient (Wildman–Crippen LogP) is 3.35. The average molecular weight is 208 g/mol. The van der Waals surface area contributed by atoms with Crippen LogP contribution in [0.15, 0.2) is 18.5 Å². The van der Waals surface area contributed by atoms with E-state index in [1.54, 1.807) is 0 Å². The lowest BCUT2D eigenvalue weighted by Crippen LogP contribution is -2.21. The Morgan fingerprint density at radius 1 is 1.27 bits per heavy atom. The molecule has 0 fully saturated rings. The van der Waals surface area contributed by atoms with Gasteiger partial charge in [-0.05, 0) is 37.9 Å². The molecule has 0 saturated heterocycles. The smallest absolute Gasteiger partial charge is 0.0335 e. The first-order chi connectivity index (χ1) is 7.31. The molecule has 1 rings (SSSR count). The maximum atomic E-state index is 3.61. The van der Waals surface area contributed by atoms with Gasteiger partial charge in [-0.1, -0.05) is 20.3 Å². The van der Waals surface area contributed by atoms with E-state index in [0.29, 0.717) is 6.04 Å². The van der Waals surface area contributed by atoms with Gasteiger partial charge in [-0.2, -0.15) is 0 Å². The van der Waals surface area contributed by atoms with Crippen LogP contribution in [-0.2, 0) is 6.54 Å². The zero-order valence-electron chi connectivity index (χ0n) is 10.3. The van der Waals surface area contributed by atoms with Gasteiger partial charge in [0.1, 0.15) is 0 Å². The summed E-state index contributed by atoms with van der Waals surface area (Å²) in [7, 11) is 0. The van der Waals surface area contributed by atoms with Gasteiger partial charge in [0.15, 0.2) is 0 Å². The summed E-state index contributed by atoms with van der Waals surface area (Å²) in [5.41, 5.74) is 1.44. The quantitative estimate of drug-likeness (QED) is 0.727. The molecule has 0 bridgehead atoms. The largest absolute Gasteiger partial charge is 0.354 e. The minimum Gasteiger partial charge on any atom is -0.354 e. The first-order valence-corrected chi connectivity index (χ1v) is 6.20. The lowest BCUT2D eigenvalue weighted by atomic mass is 10.1. The van der Waals surface area contributed by atoms with Gasteiger partial charge in [0.25, 0.3) is 0 Å². The van der Waals surface area contributed by atoms with Crippen molar-refractivity contribution in [3.63, 3.8) is 0 Å². The van der Waals surface area contributed by atoms with Crippen LogP contribution in [0.5, 0.6) is 0 Å². The molecule has 0 aromatic carbocycles. The molecule has 15 heavy (non-hydrogen) atoms. The normalized spacial score (nSPS) is 13.0. The van der Waals surface area contributed by atoms with Gasteiger partial charge >= 0.3 is 0 Å². The van der Waals surface area contributed by atoms with E-state index in [1.165, 1.54) is 24.8 Å². The van der Waals surface area contributed by atoms with Crippen molar-refractivity contribution in [2.45, 2.75) is 52.6 Å². The van der Waals surface area contributed by atoms with Gasteiger partial charge in [-0.3, -0.25) is 0 Å². The van der Waals surface area contributed by atoms with Gasteiger partial charge in [0.05, 0.1) is 0 Å². The molecule has 0 aliphatic carbocycles. The monoisotopic (exact) mass is 208 g/mol. The first-order valence-electron chi connectivity index (χ1n) is 6.20. The number of aryl methyl sites for hydroxylation is 1. The van der Waals surface area contributed by atoms with E-state index in [1.807, 2.05) is 0 Å². The number of aromatic nitrogens is 1. The predicted molar refractivity (Wildman–Crippen MR) is 66.0 cm³/mol. The van der Waals surface area contributed by atoms with Crippen LogP contribution in [0.3, 0.4) is 0 Å². The molecule has 0 aliphatic rings. The van der Waals surface area contributed by atoms with Crippen molar-refractivity contribution in [3.05, 3.63) is 24.0 Å². The van der Waals surface area contributed by atoms with Crippen LogP contribution in [0.4, 0.5) is 0 Å². The van der Waals surface area contributed by atoms with Crippen LogP contribution in [0.2, 0.25) is 0 Å². The van der Waals surface area contributed by atoms with Crippen molar-refractivity contribution in [1.82, 2.24) is 9.88 Å². The Kier molecular flexibility index (Phi) is 5.48. The molecule has 1 aromatic rings. The van der Waals surface area contributed by atoms with Crippen molar-refractivity contribution < 1.29 is 0 Å². The van der Waals surface area contributed by atoms with E-state index < -0.39 is 0 Å². The van der Waals surface area contributed by atoms with E-state index in [4.69, 9.17) is 0 Å². The van der Waals surface area contributed by atoms with E-state index in [2.05, 4.69) is 49.1 Å². The first kappa shape index (κ1) is 12.3. The molecule has 86 valence electrons. The molecular weight excluding hydrogens is 184 g/mol. The van der Waals surface area contributed by atoms with Crippen molar-refractivity contribution in [3.8, 4) is 0 Å². The minimum atomic E-state index is 0.544. The van der Waals surface area contributed by atoms with Crippen molar-refractivity contribution in [1.29, 1.82) is 0 Å². The van der Waals surface area contributed by atoms with Crippen LogP contribution in [-0.4, -0.2) is 11.1 Å². The van der Waals surface area contributed by atoms with Gasteiger partial charge in [0, 0.05) is 25.0 Å². The Labute approximate surface area is 93.7 Å². The van der Waals surface area contributed by atoms with Gasteiger partial charge in [-0.15, -0.1) is 0 Å². The number of hydrogen-bond donors (Lipinski definition) is 1. The highest BCUT2D eigenvalue weighted by atomic mass is 15.0. The highest BCUT2D eigenvalue weighted by Gasteiger charge is 2.10. The van der Waals surface area contributed by atoms with Gasteiger partial charge in [0.2, 0.25) is 0 Å². The molecule has 0 aliphatic heterocycles. The van der Waals surface area contributed by atoms with Crippen LogP contribution in [0, 0.1) is 0 Å². The Morgan fingerprint density at radius 3 is 2.60 bits per heavy atom. The van der Waals surface area contributed by atoms with Crippen LogP contribution in [0.25, 0.3) is 0 Å². The van der Waals surface area contributed by atoms with E-state index in [0.717, 1.165) is 13.1 Å². The molecule has 1 unspecified atom stereocenters. The Bertz CT molecular complexity index is 265. The SMILES string of the molecule is CCCNC(CCC)c1ccn(CC)c1. The summed E-state index contributed by atoms with van der Waals surface area (Å²) in [5.74, 6) is 0. The summed E-state index contributed by atoms with van der Waals surface area (Å²) in [4.78, 5) is 0. The third-order valence-electron chi connectivity index (χ3n) is 2.76. The Balaban J connectivity index is 2.60. The van der Waals surface area contributed by atoms with Crippen LogP contribution in [0.1, 0.15) is 51.6 Å². The summed E-state index contributed by atoms with van der Waals surface area (Å²) >= 11 is 0. The molecule has 1 N–H and O–H groups in total. The van der Waals surface area contributed by atoms with Crippen molar-refractivity contribution in [2.75, 3.05) is 6.54 Å². The molecule has 2 nitrogen and oxygen atoms in total. The molecule has 2 heteroatoms. The molecular formula is C13H24N2. The standard InChI is InChI=1S/C13H24N2/c1-4-7-13(14-9-5-2)12-8-10-15(6-3)11-12/h8,10-11,13-14H,4-7,9H2,1-3H3. The van der Waals surface area contributed by atoms with Gasteiger partial charge in [-0.25, -0.2) is 0 Å². The topological polar surface area (TPSA) is 17.0 Å². The lowest BCUT2D eigenvalue weighted by Gasteiger charge is -2.16. The highest BCUT2D eigenvalue weighted by molar-refractivity contribution is 5.15. The van der Waals surface area contributed by atoms with Gasteiger partial charge < -0.3 is 9.88 Å². The summed E-state index contributed by atoms with van der Waals surface area (Å²) in [6.45, 7) is 8.82. The van der Waals surface area contributed by atoms with E-state index >= 15 is 0 Å². The fourth-order valence-corrected chi connectivity index (χ4v) is 1.86. The second-order valence-corrected chi connectivity index (χ2v) is 4.07. The second kappa shape index (κ2) is 6.67. The molecule has 1 atom stereocenters. The highest BCUT2D eigenvalue weighted by Crippen LogP contribution is 2.18. The van der Waals surface area contributed by atoms with Crippen LogP contribution < -0.4 is 5.32 Å². The fourth-order valence-electron chi connectivity index (χ4n) is 1.86. The zero-order valence-corrected chi connectivity index (χ0v) is 10.3. The third kappa shape index (κ3) is 3.71. The van der Waals surface area contributed by atoms with E-state index in [-0.39, 0.29) is 0 Å². The fraction of sp³-hybridized carbons (Fsp3) is 0.692. The molecule has 0 amide bonds. The molecule has 0 radical (unpaired) electrons. The summed E-state index contributed by atoms with van der Waals surface area (Å²) in [6, 6.07) is 2.79. The second-order valence-electron chi connectivity index (χ2n) is 4.07. The molecule has 0 spiro atoms. The molecule has 1 heterocycles. The Morgan fingerprint density at radius 2 is 2.07 bits per heavy atom. The summed E-state index contributed by atoms with van der Waals surface area (Å²) in [5, 5.41) is 3.61. The summed E-state index contributed by atoms with van der Waals surface area (Å²) in [6.07, 6.45) is 8.11. The maximum absolute atomic E-state index is 3.61. The van der Waals surface area contributed by atoms with E-state index in [9.17, 15) is 0 Å². The molecule has 0 saturated carbocycles. The Hall–Kier alpha value is -0.760. The minimum absolute atomic E-state index is 0.544. The zero-order chi connectivity index (χ0) is 11.1. The number of nitrogens with zero attached hydrogens (tertiary/aromatic N) is 1. The molecule has 1 aromatic heterocycles. The summed E-state index contributed by atoms with van der Waals surface area (Å²) < 4.78 is 2.24.